The number of hydrogen-bond acceptors (Lipinski definition) is 3. The van der Waals surface area contributed by atoms with E-state index in [1.807, 2.05) is 32.8 Å². The highest BCUT2D eigenvalue weighted by molar-refractivity contribution is 6.34. The van der Waals surface area contributed by atoms with Crippen molar-refractivity contribution in [2.24, 2.45) is 0 Å². The summed E-state index contributed by atoms with van der Waals surface area (Å²) in [6, 6.07) is 5.04. The quantitative estimate of drug-likeness (QED) is 0.771. The van der Waals surface area contributed by atoms with Crippen molar-refractivity contribution in [1.82, 2.24) is 15.1 Å². The molecule has 0 aliphatic heterocycles. The molecule has 0 spiro atoms. The van der Waals surface area contributed by atoms with Crippen molar-refractivity contribution >= 4 is 29.2 Å². The van der Waals surface area contributed by atoms with E-state index in [0.717, 1.165) is 6.54 Å². The van der Waals surface area contributed by atoms with Gasteiger partial charge in [0.1, 0.15) is 12.4 Å². The van der Waals surface area contributed by atoms with Crippen LogP contribution < -0.4 is 10.1 Å². The fourth-order valence-corrected chi connectivity index (χ4v) is 2.46. The van der Waals surface area contributed by atoms with Crippen LogP contribution in [-0.4, -0.2) is 62.2 Å². The fraction of sp³-hybridized carbons (Fsp3) is 0.562. The fourth-order valence-electron chi connectivity index (χ4n) is 1.96. The van der Waals surface area contributed by atoms with Gasteiger partial charge in [-0.3, -0.25) is 0 Å². The van der Waals surface area contributed by atoms with Gasteiger partial charge in [-0.05, 0) is 46.1 Å². The Morgan fingerprint density at radius 3 is 2.30 bits per heavy atom. The summed E-state index contributed by atoms with van der Waals surface area (Å²) in [6.07, 6.45) is 0. The normalized spacial score (nSPS) is 11.0. The van der Waals surface area contributed by atoms with Gasteiger partial charge >= 0.3 is 6.03 Å². The van der Waals surface area contributed by atoms with Gasteiger partial charge in [0.05, 0.1) is 6.54 Å². The van der Waals surface area contributed by atoms with E-state index in [1.165, 1.54) is 0 Å². The van der Waals surface area contributed by atoms with Gasteiger partial charge in [-0.2, -0.15) is 0 Å². The maximum Gasteiger partial charge on any atom is 0.317 e. The summed E-state index contributed by atoms with van der Waals surface area (Å²) in [6.45, 7) is 6.21. The molecule has 0 aliphatic rings. The summed E-state index contributed by atoms with van der Waals surface area (Å²) in [5.74, 6) is 0.597. The highest BCUT2D eigenvalue weighted by Gasteiger charge is 2.16. The summed E-state index contributed by atoms with van der Waals surface area (Å²) < 4.78 is 5.64. The topological polar surface area (TPSA) is 44.8 Å². The van der Waals surface area contributed by atoms with Crippen LogP contribution in [0.3, 0.4) is 0 Å². The van der Waals surface area contributed by atoms with Crippen LogP contribution in [0.1, 0.15) is 13.8 Å². The number of benzene rings is 1. The summed E-state index contributed by atoms with van der Waals surface area (Å²) in [5, 5.41) is 3.96. The third kappa shape index (κ3) is 7.77. The molecule has 0 aliphatic carbocycles. The number of likely N-dealkylation sites (N-methyl/N-ethyl adjacent to an activating group) is 1. The van der Waals surface area contributed by atoms with Crippen LogP contribution in [0.25, 0.3) is 0 Å². The highest BCUT2D eigenvalue weighted by atomic mass is 35.5. The van der Waals surface area contributed by atoms with Gasteiger partial charge in [0.25, 0.3) is 0 Å². The zero-order chi connectivity index (χ0) is 17.4. The number of nitrogens with one attached hydrogen (secondary N) is 1. The molecule has 0 heterocycles. The van der Waals surface area contributed by atoms with Crippen LogP contribution in [-0.2, 0) is 0 Å². The predicted octanol–water partition coefficient (Wildman–Crippen LogP) is 3.35. The molecule has 1 N–H and O–H groups in total. The van der Waals surface area contributed by atoms with E-state index < -0.39 is 0 Å². The Kier molecular flexibility index (Phi) is 8.52. The Balaban J connectivity index is 2.48. The number of rotatable bonds is 8. The Hall–Kier alpha value is -1.17. The van der Waals surface area contributed by atoms with Gasteiger partial charge in [-0.15, -0.1) is 0 Å². The van der Waals surface area contributed by atoms with E-state index in [9.17, 15) is 4.79 Å². The molecular weight excluding hydrogens is 337 g/mol. The van der Waals surface area contributed by atoms with Gasteiger partial charge in [0.2, 0.25) is 0 Å². The van der Waals surface area contributed by atoms with Crippen LogP contribution in [0.4, 0.5) is 4.79 Å². The van der Waals surface area contributed by atoms with Crippen LogP contribution in [0.15, 0.2) is 18.2 Å². The van der Waals surface area contributed by atoms with Crippen molar-refractivity contribution in [2.75, 3.05) is 40.3 Å². The largest absolute Gasteiger partial charge is 0.492 e. The molecule has 0 fully saturated rings. The zero-order valence-corrected chi connectivity index (χ0v) is 15.6. The third-order valence-corrected chi connectivity index (χ3v) is 3.59. The Labute approximate surface area is 148 Å². The van der Waals surface area contributed by atoms with Gasteiger partial charge in [0, 0.05) is 29.2 Å². The number of carbonyl (C=O) groups is 1. The first-order valence-electron chi connectivity index (χ1n) is 7.57. The molecule has 0 aromatic heterocycles. The monoisotopic (exact) mass is 361 g/mol. The first-order valence-corrected chi connectivity index (χ1v) is 8.33. The first kappa shape index (κ1) is 19.9. The molecule has 0 saturated carbocycles. The Morgan fingerprint density at radius 1 is 1.17 bits per heavy atom. The molecule has 5 nitrogen and oxygen atoms in total. The number of ether oxygens (including phenoxy) is 1. The van der Waals surface area contributed by atoms with Crippen molar-refractivity contribution in [3.8, 4) is 5.75 Å². The zero-order valence-electron chi connectivity index (χ0n) is 14.1. The van der Waals surface area contributed by atoms with Crippen molar-refractivity contribution in [2.45, 2.75) is 19.9 Å². The molecule has 23 heavy (non-hydrogen) atoms. The number of amides is 2. The number of hydrogen-bond donors (Lipinski definition) is 1. The van der Waals surface area contributed by atoms with Crippen LogP contribution >= 0.6 is 23.2 Å². The smallest absolute Gasteiger partial charge is 0.317 e. The van der Waals surface area contributed by atoms with Gasteiger partial charge in [0.15, 0.2) is 0 Å². The van der Waals surface area contributed by atoms with Crippen molar-refractivity contribution in [1.29, 1.82) is 0 Å². The molecule has 0 atom stereocenters. The van der Waals surface area contributed by atoms with Gasteiger partial charge in [-0.1, -0.05) is 23.2 Å². The molecule has 1 aromatic rings. The van der Waals surface area contributed by atoms with Crippen LogP contribution in [0, 0.1) is 0 Å². The van der Waals surface area contributed by atoms with Gasteiger partial charge < -0.3 is 19.9 Å². The summed E-state index contributed by atoms with van der Waals surface area (Å²) in [7, 11) is 3.94. The second-order valence-electron chi connectivity index (χ2n) is 5.78. The number of carbonyl (C=O) groups excluding carboxylic acids is 1. The lowest BCUT2D eigenvalue weighted by atomic mass is 10.3. The molecule has 7 heteroatoms. The minimum atomic E-state index is -0.0884. The molecule has 130 valence electrons. The molecule has 1 aromatic carbocycles. The Bertz CT molecular complexity index is 490. The Morgan fingerprint density at radius 2 is 1.78 bits per heavy atom. The molecule has 0 bridgehead atoms. The van der Waals surface area contributed by atoms with E-state index in [4.69, 9.17) is 27.9 Å². The van der Waals surface area contributed by atoms with Crippen molar-refractivity contribution in [3.63, 3.8) is 0 Å². The van der Waals surface area contributed by atoms with Crippen molar-refractivity contribution in [3.05, 3.63) is 28.2 Å². The SMILES string of the molecule is CC(C)N(CCOc1cc(Cl)cc(Cl)c1)C(=O)NCCN(C)C. The molecule has 1 rings (SSSR count). The maximum absolute atomic E-state index is 12.2. The minimum Gasteiger partial charge on any atom is -0.492 e. The summed E-state index contributed by atoms with van der Waals surface area (Å²) in [4.78, 5) is 16.0. The molecule has 0 unspecified atom stereocenters. The van der Waals surface area contributed by atoms with Gasteiger partial charge in [-0.25, -0.2) is 4.79 Å². The average molecular weight is 362 g/mol. The highest BCUT2D eigenvalue weighted by Crippen LogP contribution is 2.24. The molecule has 2 amide bonds. The van der Waals surface area contributed by atoms with Crippen molar-refractivity contribution < 1.29 is 9.53 Å². The minimum absolute atomic E-state index is 0.0842. The second-order valence-corrected chi connectivity index (χ2v) is 6.65. The third-order valence-electron chi connectivity index (χ3n) is 3.16. The van der Waals surface area contributed by atoms with E-state index in [0.29, 0.717) is 35.5 Å². The van der Waals surface area contributed by atoms with Crippen LogP contribution in [0.2, 0.25) is 10.0 Å². The molecule has 0 radical (unpaired) electrons. The lowest BCUT2D eigenvalue weighted by molar-refractivity contribution is 0.165. The molecular formula is C16H25Cl2N3O2. The first-order chi connectivity index (χ1) is 10.8. The summed E-state index contributed by atoms with van der Waals surface area (Å²) in [5.41, 5.74) is 0. The van der Waals surface area contributed by atoms with Crippen LogP contribution in [0.5, 0.6) is 5.75 Å². The van der Waals surface area contributed by atoms with E-state index in [1.54, 1.807) is 23.1 Å². The maximum atomic E-state index is 12.2. The molecule has 0 saturated heterocycles. The van der Waals surface area contributed by atoms with E-state index in [-0.39, 0.29) is 12.1 Å². The number of urea groups is 1. The second kappa shape index (κ2) is 9.85. The van der Waals surface area contributed by atoms with E-state index in [2.05, 4.69) is 5.32 Å². The lowest BCUT2D eigenvalue weighted by Gasteiger charge is -2.27. The number of halogens is 2. The lowest BCUT2D eigenvalue weighted by Crippen LogP contribution is -2.47. The summed E-state index contributed by atoms with van der Waals surface area (Å²) >= 11 is 11.9. The van der Waals surface area contributed by atoms with E-state index >= 15 is 0 Å². The average Bonchev–Trinajstić information content (AvgIpc) is 2.41. The predicted molar refractivity (Wildman–Crippen MR) is 95.8 cm³/mol. The number of nitrogens with zero attached hydrogens (tertiary/aromatic N) is 2. The standard InChI is InChI=1S/C16H25Cl2N3O2/c1-12(2)21(16(22)19-5-6-20(3)4)7-8-23-15-10-13(17)9-14(18)11-15/h9-12H,5-8H2,1-4H3,(H,19,22).